The van der Waals surface area contributed by atoms with Gasteiger partial charge in [-0.1, -0.05) is 41.9 Å². The van der Waals surface area contributed by atoms with Crippen molar-refractivity contribution in [3.05, 3.63) is 71.1 Å². The molecule has 3 aromatic rings. The van der Waals surface area contributed by atoms with E-state index in [1.165, 1.54) is 0 Å². The molecular weight excluding hydrogens is 334 g/mol. The molecule has 25 heavy (non-hydrogen) atoms. The highest BCUT2D eigenvalue weighted by molar-refractivity contribution is 6.30. The van der Waals surface area contributed by atoms with E-state index in [4.69, 9.17) is 21.0 Å². The highest BCUT2D eigenvalue weighted by Gasteiger charge is 2.32. The van der Waals surface area contributed by atoms with Crippen LogP contribution in [0.2, 0.25) is 5.02 Å². The Kier molecular flexibility index (Phi) is 4.14. The molecule has 5 heteroatoms. The summed E-state index contributed by atoms with van der Waals surface area (Å²) >= 11 is 5.97. The Morgan fingerprint density at radius 3 is 2.52 bits per heavy atom. The fourth-order valence-electron chi connectivity index (χ4n) is 3.15. The van der Waals surface area contributed by atoms with Gasteiger partial charge in [0.2, 0.25) is 11.8 Å². The van der Waals surface area contributed by atoms with Gasteiger partial charge >= 0.3 is 0 Å². The third kappa shape index (κ3) is 3.49. The largest absolute Gasteiger partial charge is 0.421 e. The molecule has 0 saturated carbocycles. The van der Waals surface area contributed by atoms with Crippen molar-refractivity contribution in [3.8, 4) is 11.5 Å². The Bertz CT molecular complexity index is 902. The van der Waals surface area contributed by atoms with Crippen molar-refractivity contribution < 1.29 is 4.42 Å². The molecule has 0 spiro atoms. The van der Waals surface area contributed by atoms with Gasteiger partial charge in [-0.2, -0.15) is 0 Å². The van der Waals surface area contributed by atoms with Crippen LogP contribution in [0.3, 0.4) is 0 Å². The van der Waals surface area contributed by atoms with Crippen molar-refractivity contribution in [1.29, 1.82) is 0 Å². The quantitative estimate of drug-likeness (QED) is 0.666. The second kappa shape index (κ2) is 6.45. The Morgan fingerprint density at radius 2 is 1.76 bits per heavy atom. The van der Waals surface area contributed by atoms with Gasteiger partial charge in [-0.05, 0) is 49.6 Å². The lowest BCUT2D eigenvalue weighted by Gasteiger charge is -2.17. The van der Waals surface area contributed by atoms with E-state index in [9.17, 15) is 0 Å². The van der Waals surface area contributed by atoms with Crippen molar-refractivity contribution in [3.63, 3.8) is 0 Å². The molecule has 0 aliphatic carbocycles. The summed E-state index contributed by atoms with van der Waals surface area (Å²) in [6, 6.07) is 17.7. The molecule has 1 aliphatic rings. The number of hydrogen-bond donors (Lipinski definition) is 0. The fraction of sp³-hybridized carbons (Fsp3) is 0.250. The molecule has 0 N–H and O–H groups in total. The molecule has 4 rings (SSSR count). The van der Waals surface area contributed by atoms with Crippen molar-refractivity contribution in [2.45, 2.75) is 31.7 Å². The number of benzene rings is 2. The third-order valence-corrected chi connectivity index (χ3v) is 4.75. The van der Waals surface area contributed by atoms with Gasteiger partial charge in [0.1, 0.15) is 0 Å². The maximum absolute atomic E-state index is 5.97. The zero-order valence-electron chi connectivity index (χ0n) is 13.9. The second-order valence-electron chi connectivity index (χ2n) is 6.61. The van der Waals surface area contributed by atoms with E-state index in [-0.39, 0.29) is 5.54 Å². The van der Waals surface area contributed by atoms with Gasteiger partial charge in [-0.15, -0.1) is 10.2 Å². The first-order valence-corrected chi connectivity index (χ1v) is 8.72. The lowest BCUT2D eigenvalue weighted by atomic mass is 9.95. The number of rotatable bonds is 4. The zero-order chi connectivity index (χ0) is 17.3. The van der Waals surface area contributed by atoms with Gasteiger partial charge in [0.25, 0.3) is 0 Å². The SMILES string of the molecule is C[C@@]1(Cc2nnc(-c3ccccc3)o2)CCC(c2ccc(Cl)cc2)=N1. The van der Waals surface area contributed by atoms with E-state index < -0.39 is 0 Å². The highest BCUT2D eigenvalue weighted by Crippen LogP contribution is 2.32. The molecule has 0 fully saturated rings. The predicted molar refractivity (Wildman–Crippen MR) is 99.1 cm³/mol. The van der Waals surface area contributed by atoms with E-state index in [0.717, 1.165) is 34.7 Å². The number of hydrogen-bond acceptors (Lipinski definition) is 4. The van der Waals surface area contributed by atoms with Gasteiger partial charge in [0, 0.05) is 16.3 Å². The summed E-state index contributed by atoms with van der Waals surface area (Å²) in [5.41, 5.74) is 2.96. The summed E-state index contributed by atoms with van der Waals surface area (Å²) in [5.74, 6) is 1.18. The van der Waals surface area contributed by atoms with Crippen molar-refractivity contribution in [2.24, 2.45) is 4.99 Å². The maximum Gasteiger partial charge on any atom is 0.247 e. The van der Waals surface area contributed by atoms with Crippen LogP contribution >= 0.6 is 11.6 Å². The predicted octanol–water partition coefficient (Wildman–Crippen LogP) is 4.97. The highest BCUT2D eigenvalue weighted by atomic mass is 35.5. The maximum atomic E-state index is 5.97. The summed E-state index contributed by atoms with van der Waals surface area (Å²) in [6.07, 6.45) is 2.55. The van der Waals surface area contributed by atoms with Crippen LogP contribution in [0.15, 0.2) is 64.0 Å². The first-order chi connectivity index (χ1) is 12.1. The number of aromatic nitrogens is 2. The fourth-order valence-corrected chi connectivity index (χ4v) is 3.28. The molecule has 2 heterocycles. The molecule has 0 saturated heterocycles. The average Bonchev–Trinajstić information content (AvgIpc) is 3.24. The minimum Gasteiger partial charge on any atom is -0.421 e. The number of halogens is 1. The molecule has 1 aliphatic heterocycles. The lowest BCUT2D eigenvalue weighted by molar-refractivity contribution is 0.400. The summed E-state index contributed by atoms with van der Waals surface area (Å²) in [6.45, 7) is 2.14. The summed E-state index contributed by atoms with van der Waals surface area (Å²) in [7, 11) is 0. The monoisotopic (exact) mass is 351 g/mol. The van der Waals surface area contributed by atoms with E-state index in [1.807, 2.05) is 54.6 Å². The van der Waals surface area contributed by atoms with Crippen molar-refractivity contribution in [1.82, 2.24) is 10.2 Å². The lowest BCUT2D eigenvalue weighted by Crippen LogP contribution is -2.21. The van der Waals surface area contributed by atoms with Crippen molar-refractivity contribution >= 4 is 17.3 Å². The Hall–Kier alpha value is -2.46. The molecule has 126 valence electrons. The van der Waals surface area contributed by atoms with Crippen LogP contribution in [0, 0.1) is 0 Å². The molecule has 4 nitrogen and oxygen atoms in total. The van der Waals surface area contributed by atoms with Crippen molar-refractivity contribution in [2.75, 3.05) is 0 Å². The van der Waals surface area contributed by atoms with Gasteiger partial charge in [-0.25, -0.2) is 0 Å². The van der Waals surface area contributed by atoms with Crippen LogP contribution in [0.4, 0.5) is 0 Å². The summed E-state index contributed by atoms with van der Waals surface area (Å²) in [5, 5.41) is 9.11. The van der Waals surface area contributed by atoms with Crippen LogP contribution in [0.25, 0.3) is 11.5 Å². The van der Waals surface area contributed by atoms with Crippen LogP contribution in [-0.2, 0) is 6.42 Å². The Balaban J connectivity index is 1.53. The summed E-state index contributed by atoms with van der Waals surface area (Å²) < 4.78 is 5.84. The molecule has 0 bridgehead atoms. The molecule has 1 atom stereocenters. The van der Waals surface area contributed by atoms with Crippen LogP contribution in [0.5, 0.6) is 0 Å². The van der Waals surface area contributed by atoms with Gasteiger partial charge in [-0.3, -0.25) is 4.99 Å². The summed E-state index contributed by atoms with van der Waals surface area (Å²) in [4.78, 5) is 4.94. The molecule has 0 amide bonds. The van der Waals surface area contributed by atoms with E-state index >= 15 is 0 Å². The van der Waals surface area contributed by atoms with E-state index in [2.05, 4.69) is 17.1 Å². The smallest absolute Gasteiger partial charge is 0.247 e. The minimum atomic E-state index is -0.213. The first-order valence-electron chi connectivity index (χ1n) is 8.34. The molecule has 0 radical (unpaired) electrons. The van der Waals surface area contributed by atoms with Crippen LogP contribution in [-0.4, -0.2) is 21.4 Å². The normalized spacial score (nSPS) is 19.8. The molecule has 2 aromatic carbocycles. The van der Waals surface area contributed by atoms with E-state index in [0.29, 0.717) is 18.2 Å². The molecule has 0 unspecified atom stereocenters. The van der Waals surface area contributed by atoms with E-state index in [1.54, 1.807) is 0 Å². The zero-order valence-corrected chi connectivity index (χ0v) is 14.7. The minimum absolute atomic E-state index is 0.213. The topological polar surface area (TPSA) is 51.3 Å². The molecule has 1 aromatic heterocycles. The first kappa shape index (κ1) is 16.0. The number of nitrogens with zero attached hydrogens (tertiary/aromatic N) is 3. The number of aliphatic imine (C=N–C) groups is 1. The Morgan fingerprint density at radius 1 is 1.00 bits per heavy atom. The second-order valence-corrected chi connectivity index (χ2v) is 7.04. The average molecular weight is 352 g/mol. The molecular formula is C20H18ClN3O. The Labute approximate surface area is 151 Å². The van der Waals surface area contributed by atoms with Gasteiger partial charge in [0.15, 0.2) is 0 Å². The van der Waals surface area contributed by atoms with Crippen LogP contribution in [0.1, 0.15) is 31.2 Å². The van der Waals surface area contributed by atoms with Gasteiger partial charge in [0.05, 0.1) is 12.0 Å². The van der Waals surface area contributed by atoms with Gasteiger partial charge < -0.3 is 4.42 Å². The van der Waals surface area contributed by atoms with Crippen LogP contribution < -0.4 is 0 Å². The standard InChI is InChI=1S/C20H18ClN3O/c1-20(12-11-17(22-20)14-7-9-16(21)10-8-14)13-18-23-24-19(25-18)15-5-3-2-4-6-15/h2-10H,11-13H2,1H3/t20-/m0/s1. The third-order valence-electron chi connectivity index (χ3n) is 4.50.